The number of halogens is 1. The molecule has 2 fully saturated rings. The number of hydrogen-bond acceptors (Lipinski definition) is 2. The minimum absolute atomic E-state index is 0. The van der Waals surface area contributed by atoms with Crippen molar-refractivity contribution in [3.63, 3.8) is 0 Å². The van der Waals surface area contributed by atoms with E-state index in [1.807, 2.05) is 0 Å². The fraction of sp³-hybridized carbons (Fsp3) is 1.00. The fourth-order valence-corrected chi connectivity index (χ4v) is 2.35. The van der Waals surface area contributed by atoms with Crippen LogP contribution in [0.1, 0.15) is 25.7 Å². The molecule has 1 saturated heterocycles. The predicted molar refractivity (Wildman–Crippen MR) is 47.0 cm³/mol. The highest BCUT2D eigenvalue weighted by Gasteiger charge is 2.40. The van der Waals surface area contributed by atoms with Gasteiger partial charge in [-0.05, 0) is 19.3 Å². The molecule has 2 rings (SSSR count). The summed E-state index contributed by atoms with van der Waals surface area (Å²) in [6, 6.07) is 0.723. The Morgan fingerprint density at radius 1 is 1.55 bits per heavy atom. The Kier molecular flexibility index (Phi) is 2.79. The van der Waals surface area contributed by atoms with Gasteiger partial charge < -0.3 is 10.4 Å². The fourth-order valence-electron chi connectivity index (χ4n) is 2.35. The monoisotopic (exact) mass is 177 g/mol. The first-order chi connectivity index (χ1) is 4.85. The minimum atomic E-state index is 0. The molecule has 0 amide bonds. The second-order valence-corrected chi connectivity index (χ2v) is 3.83. The van der Waals surface area contributed by atoms with Crippen LogP contribution in [0.3, 0.4) is 0 Å². The van der Waals surface area contributed by atoms with Crippen LogP contribution < -0.4 is 5.32 Å². The van der Waals surface area contributed by atoms with E-state index in [-0.39, 0.29) is 17.8 Å². The largest absolute Gasteiger partial charge is 0.396 e. The van der Waals surface area contributed by atoms with Gasteiger partial charge in [0.25, 0.3) is 0 Å². The molecular weight excluding hydrogens is 162 g/mol. The van der Waals surface area contributed by atoms with Crippen molar-refractivity contribution in [2.24, 2.45) is 5.41 Å². The van der Waals surface area contributed by atoms with Gasteiger partial charge >= 0.3 is 0 Å². The van der Waals surface area contributed by atoms with Gasteiger partial charge in [-0.25, -0.2) is 0 Å². The Hall–Kier alpha value is 0.210. The molecule has 2 atom stereocenters. The van der Waals surface area contributed by atoms with E-state index in [9.17, 15) is 0 Å². The molecular formula is C8H16ClNO. The van der Waals surface area contributed by atoms with Gasteiger partial charge in [0.1, 0.15) is 0 Å². The summed E-state index contributed by atoms with van der Waals surface area (Å²) in [5, 5.41) is 12.6. The quantitative estimate of drug-likeness (QED) is 0.625. The SMILES string of the molecule is Cl.OCC12CCCC(C1)NC2. The van der Waals surface area contributed by atoms with Gasteiger partial charge in [-0.2, -0.15) is 0 Å². The van der Waals surface area contributed by atoms with Crippen molar-refractivity contribution >= 4 is 12.4 Å². The van der Waals surface area contributed by atoms with Crippen molar-refractivity contribution in [1.82, 2.24) is 5.32 Å². The molecule has 0 aromatic carbocycles. The van der Waals surface area contributed by atoms with Crippen LogP contribution >= 0.6 is 12.4 Å². The topological polar surface area (TPSA) is 32.3 Å². The summed E-state index contributed by atoms with van der Waals surface area (Å²) in [4.78, 5) is 0. The molecule has 0 aromatic heterocycles. The van der Waals surface area contributed by atoms with Gasteiger partial charge in [0.2, 0.25) is 0 Å². The van der Waals surface area contributed by atoms with Crippen molar-refractivity contribution in [2.75, 3.05) is 13.2 Å². The van der Waals surface area contributed by atoms with Crippen LogP contribution in [0.2, 0.25) is 0 Å². The van der Waals surface area contributed by atoms with Gasteiger partial charge in [-0.15, -0.1) is 12.4 Å². The van der Waals surface area contributed by atoms with Crippen molar-refractivity contribution in [3.8, 4) is 0 Å². The molecule has 2 nitrogen and oxygen atoms in total. The summed E-state index contributed by atoms with van der Waals surface area (Å²) in [5.74, 6) is 0. The Labute approximate surface area is 73.8 Å². The van der Waals surface area contributed by atoms with E-state index >= 15 is 0 Å². The Bertz CT molecular complexity index is 138. The van der Waals surface area contributed by atoms with Crippen LogP contribution in [0.5, 0.6) is 0 Å². The summed E-state index contributed by atoms with van der Waals surface area (Å²) in [6.07, 6.45) is 5.07. The number of aliphatic hydroxyl groups is 1. The molecule has 0 radical (unpaired) electrons. The smallest absolute Gasteiger partial charge is 0.0500 e. The first-order valence-corrected chi connectivity index (χ1v) is 4.19. The third-order valence-corrected chi connectivity index (χ3v) is 3.04. The number of hydrogen-bond donors (Lipinski definition) is 2. The highest BCUT2D eigenvalue weighted by molar-refractivity contribution is 5.85. The normalized spacial score (nSPS) is 41.7. The maximum atomic E-state index is 9.13. The Morgan fingerprint density at radius 3 is 3.00 bits per heavy atom. The van der Waals surface area contributed by atoms with Gasteiger partial charge in [0.05, 0.1) is 0 Å². The van der Waals surface area contributed by atoms with Crippen molar-refractivity contribution in [3.05, 3.63) is 0 Å². The molecule has 0 aromatic rings. The van der Waals surface area contributed by atoms with Crippen LogP contribution in [0.4, 0.5) is 0 Å². The molecule has 2 N–H and O–H groups in total. The molecule has 66 valence electrons. The Morgan fingerprint density at radius 2 is 2.36 bits per heavy atom. The standard InChI is InChI=1S/C8H15NO.ClH/c10-6-8-3-1-2-7(4-8)9-5-8;/h7,9-10H,1-6H2;1H. The highest BCUT2D eigenvalue weighted by Crippen LogP contribution is 2.39. The molecule has 11 heavy (non-hydrogen) atoms. The minimum Gasteiger partial charge on any atom is -0.396 e. The van der Waals surface area contributed by atoms with Crippen LogP contribution in [-0.2, 0) is 0 Å². The van der Waals surface area contributed by atoms with Crippen molar-refractivity contribution in [2.45, 2.75) is 31.7 Å². The lowest BCUT2D eigenvalue weighted by Crippen LogP contribution is -2.28. The predicted octanol–water partition coefficient (Wildman–Crippen LogP) is 0.933. The third kappa shape index (κ3) is 1.53. The molecule has 1 saturated carbocycles. The van der Waals surface area contributed by atoms with E-state index in [4.69, 9.17) is 5.11 Å². The molecule has 1 aliphatic heterocycles. The summed E-state index contributed by atoms with van der Waals surface area (Å²) in [5.41, 5.74) is 0.281. The summed E-state index contributed by atoms with van der Waals surface area (Å²) >= 11 is 0. The summed E-state index contributed by atoms with van der Waals surface area (Å²) in [6.45, 7) is 1.44. The maximum absolute atomic E-state index is 9.13. The van der Waals surface area contributed by atoms with Crippen LogP contribution in [-0.4, -0.2) is 24.3 Å². The molecule has 1 heterocycles. The molecule has 2 aliphatic rings. The van der Waals surface area contributed by atoms with Crippen LogP contribution in [0.25, 0.3) is 0 Å². The lowest BCUT2D eigenvalue weighted by Gasteiger charge is -2.29. The van der Waals surface area contributed by atoms with E-state index in [1.165, 1.54) is 25.7 Å². The highest BCUT2D eigenvalue weighted by atomic mass is 35.5. The molecule has 2 bridgehead atoms. The number of fused-ring (bicyclic) bond motifs is 2. The van der Waals surface area contributed by atoms with Gasteiger partial charge in [0, 0.05) is 24.6 Å². The Balaban J connectivity index is 0.000000605. The van der Waals surface area contributed by atoms with E-state index in [1.54, 1.807) is 0 Å². The first-order valence-electron chi connectivity index (χ1n) is 4.19. The van der Waals surface area contributed by atoms with Crippen LogP contribution in [0.15, 0.2) is 0 Å². The number of rotatable bonds is 1. The molecule has 3 heteroatoms. The van der Waals surface area contributed by atoms with E-state index < -0.39 is 0 Å². The van der Waals surface area contributed by atoms with Crippen molar-refractivity contribution < 1.29 is 5.11 Å². The number of aliphatic hydroxyl groups excluding tert-OH is 1. The number of nitrogens with one attached hydrogen (secondary N) is 1. The van der Waals surface area contributed by atoms with E-state index in [0.29, 0.717) is 6.61 Å². The van der Waals surface area contributed by atoms with Crippen molar-refractivity contribution in [1.29, 1.82) is 0 Å². The second kappa shape index (κ2) is 3.30. The first kappa shape index (κ1) is 9.30. The average Bonchev–Trinajstić information content (AvgIpc) is 2.29. The van der Waals surface area contributed by atoms with E-state index in [0.717, 1.165) is 12.6 Å². The zero-order valence-electron chi connectivity index (χ0n) is 6.68. The molecule has 1 aliphatic carbocycles. The van der Waals surface area contributed by atoms with Crippen LogP contribution in [0, 0.1) is 5.41 Å². The lowest BCUT2D eigenvalue weighted by atomic mass is 9.76. The zero-order chi connectivity index (χ0) is 7.03. The lowest BCUT2D eigenvalue weighted by molar-refractivity contribution is 0.116. The maximum Gasteiger partial charge on any atom is 0.0500 e. The third-order valence-electron chi connectivity index (χ3n) is 3.04. The zero-order valence-corrected chi connectivity index (χ0v) is 7.49. The van der Waals surface area contributed by atoms with E-state index in [2.05, 4.69) is 5.32 Å². The molecule has 0 spiro atoms. The second-order valence-electron chi connectivity index (χ2n) is 3.83. The van der Waals surface area contributed by atoms with Gasteiger partial charge in [-0.3, -0.25) is 0 Å². The summed E-state index contributed by atoms with van der Waals surface area (Å²) < 4.78 is 0. The average molecular weight is 178 g/mol. The molecule has 2 unspecified atom stereocenters. The van der Waals surface area contributed by atoms with Gasteiger partial charge in [-0.1, -0.05) is 6.42 Å². The van der Waals surface area contributed by atoms with Gasteiger partial charge in [0.15, 0.2) is 0 Å². The summed E-state index contributed by atoms with van der Waals surface area (Å²) in [7, 11) is 0.